The van der Waals surface area contributed by atoms with E-state index in [2.05, 4.69) is 20.7 Å². The van der Waals surface area contributed by atoms with Crippen molar-refractivity contribution in [3.63, 3.8) is 0 Å². The minimum Gasteiger partial charge on any atom is -0.467 e. The van der Waals surface area contributed by atoms with E-state index in [1.807, 2.05) is 0 Å². The Hall–Kier alpha value is -0.610. The van der Waals surface area contributed by atoms with Crippen molar-refractivity contribution in [3.05, 3.63) is 33.3 Å². The van der Waals surface area contributed by atoms with Gasteiger partial charge in [-0.25, -0.2) is 9.18 Å². The average Bonchev–Trinajstić information content (AvgIpc) is 2.20. The van der Waals surface area contributed by atoms with Gasteiger partial charge in [0.2, 0.25) is 6.17 Å². The third kappa shape index (κ3) is 2.45. The van der Waals surface area contributed by atoms with Crippen LogP contribution in [0, 0.1) is 0 Å². The number of ether oxygens (including phenoxy) is 1. The zero-order chi connectivity index (χ0) is 10.7. The number of carbonyl (C=O) groups excluding carboxylic acids is 1. The van der Waals surface area contributed by atoms with Gasteiger partial charge < -0.3 is 4.74 Å². The van der Waals surface area contributed by atoms with Gasteiger partial charge in [0, 0.05) is 4.47 Å². The summed E-state index contributed by atoms with van der Waals surface area (Å²) in [5.74, 6) is -0.917. The van der Waals surface area contributed by atoms with Crippen LogP contribution in [0.4, 0.5) is 4.39 Å². The number of hydrogen-bond donors (Lipinski definition) is 0. The molecule has 5 heteroatoms. The largest absolute Gasteiger partial charge is 0.467 e. The van der Waals surface area contributed by atoms with Gasteiger partial charge in [0.05, 0.1) is 12.1 Å². The maximum absolute atomic E-state index is 13.3. The first-order valence-electron chi connectivity index (χ1n) is 3.73. The van der Waals surface area contributed by atoms with Crippen molar-refractivity contribution in [2.75, 3.05) is 7.11 Å². The smallest absolute Gasteiger partial charge is 0.345 e. The van der Waals surface area contributed by atoms with Crippen molar-refractivity contribution < 1.29 is 13.9 Å². The molecule has 76 valence electrons. The first kappa shape index (κ1) is 11.5. The molecule has 0 N–H and O–H groups in total. The Labute approximate surface area is 94.1 Å². The SMILES string of the molecule is COC(=O)C(F)c1ccc(Cl)c(Br)c1. The van der Waals surface area contributed by atoms with E-state index >= 15 is 0 Å². The Morgan fingerprint density at radius 3 is 2.79 bits per heavy atom. The highest BCUT2D eigenvalue weighted by atomic mass is 79.9. The van der Waals surface area contributed by atoms with Crippen LogP contribution in [-0.4, -0.2) is 13.1 Å². The normalized spacial score (nSPS) is 12.3. The van der Waals surface area contributed by atoms with Crippen LogP contribution in [0.1, 0.15) is 11.7 Å². The van der Waals surface area contributed by atoms with Gasteiger partial charge in [-0.1, -0.05) is 17.7 Å². The second-order valence-electron chi connectivity index (χ2n) is 2.56. The molecule has 0 radical (unpaired) electrons. The minimum atomic E-state index is -1.77. The van der Waals surface area contributed by atoms with Crippen LogP contribution < -0.4 is 0 Å². The molecule has 0 amide bonds. The molecule has 1 rings (SSSR count). The summed E-state index contributed by atoms with van der Waals surface area (Å²) in [5, 5.41) is 0.464. The topological polar surface area (TPSA) is 26.3 Å². The Morgan fingerprint density at radius 1 is 1.64 bits per heavy atom. The zero-order valence-corrected chi connectivity index (χ0v) is 9.60. The number of esters is 1. The molecule has 0 heterocycles. The van der Waals surface area contributed by atoms with E-state index in [4.69, 9.17) is 11.6 Å². The van der Waals surface area contributed by atoms with E-state index in [0.29, 0.717) is 9.50 Å². The van der Waals surface area contributed by atoms with Crippen molar-refractivity contribution >= 4 is 33.5 Å². The van der Waals surface area contributed by atoms with E-state index in [0.717, 1.165) is 7.11 Å². The predicted octanol–water partition coefficient (Wildman–Crippen LogP) is 3.29. The van der Waals surface area contributed by atoms with Gasteiger partial charge in [0.25, 0.3) is 0 Å². The first-order chi connectivity index (χ1) is 6.56. The van der Waals surface area contributed by atoms with Crippen LogP contribution in [0.3, 0.4) is 0 Å². The highest BCUT2D eigenvalue weighted by Gasteiger charge is 2.20. The number of methoxy groups -OCH3 is 1. The van der Waals surface area contributed by atoms with Crippen LogP contribution in [0.2, 0.25) is 5.02 Å². The van der Waals surface area contributed by atoms with E-state index in [9.17, 15) is 9.18 Å². The highest BCUT2D eigenvalue weighted by Crippen LogP contribution is 2.27. The van der Waals surface area contributed by atoms with Crippen molar-refractivity contribution in [2.24, 2.45) is 0 Å². The molecule has 0 aromatic heterocycles. The van der Waals surface area contributed by atoms with Gasteiger partial charge in [-0.3, -0.25) is 0 Å². The Kier molecular flexibility index (Phi) is 3.89. The summed E-state index contributed by atoms with van der Waals surface area (Å²) in [6.07, 6.45) is -1.77. The number of halogens is 3. The lowest BCUT2D eigenvalue weighted by Crippen LogP contribution is -2.09. The van der Waals surface area contributed by atoms with E-state index in [1.54, 1.807) is 0 Å². The summed E-state index contributed by atoms with van der Waals surface area (Å²) >= 11 is 8.85. The summed E-state index contributed by atoms with van der Waals surface area (Å²) in [5.41, 5.74) is 0.216. The van der Waals surface area contributed by atoms with Crippen LogP contribution in [0.5, 0.6) is 0 Å². The first-order valence-corrected chi connectivity index (χ1v) is 4.90. The van der Waals surface area contributed by atoms with E-state index in [-0.39, 0.29) is 5.56 Å². The lowest BCUT2D eigenvalue weighted by Gasteiger charge is -2.06. The fourth-order valence-electron chi connectivity index (χ4n) is 0.910. The van der Waals surface area contributed by atoms with Crippen molar-refractivity contribution in [3.8, 4) is 0 Å². The molecule has 14 heavy (non-hydrogen) atoms. The summed E-state index contributed by atoms with van der Waals surface area (Å²) in [7, 11) is 1.14. The monoisotopic (exact) mass is 280 g/mol. The lowest BCUT2D eigenvalue weighted by molar-refractivity contribution is -0.146. The summed E-state index contributed by atoms with van der Waals surface area (Å²) in [4.78, 5) is 10.9. The number of benzene rings is 1. The molecule has 0 fully saturated rings. The number of carbonyl (C=O) groups is 1. The zero-order valence-electron chi connectivity index (χ0n) is 7.26. The maximum atomic E-state index is 13.3. The van der Waals surface area contributed by atoms with Crippen molar-refractivity contribution in [1.29, 1.82) is 0 Å². The Balaban J connectivity index is 2.96. The molecule has 1 unspecified atom stereocenters. The molecule has 0 bridgehead atoms. The number of rotatable bonds is 2. The van der Waals surface area contributed by atoms with Crippen molar-refractivity contribution in [1.82, 2.24) is 0 Å². The Bertz CT molecular complexity index is 357. The highest BCUT2D eigenvalue weighted by molar-refractivity contribution is 9.10. The van der Waals surface area contributed by atoms with Gasteiger partial charge in [0.15, 0.2) is 0 Å². The molecule has 0 aliphatic rings. The van der Waals surface area contributed by atoms with Gasteiger partial charge in [-0.2, -0.15) is 0 Å². The molecule has 0 saturated carbocycles. The molecule has 0 saturated heterocycles. The quantitative estimate of drug-likeness (QED) is 0.778. The third-order valence-corrected chi connectivity index (χ3v) is 2.86. The van der Waals surface area contributed by atoms with Crippen LogP contribution >= 0.6 is 27.5 Å². The summed E-state index contributed by atoms with van der Waals surface area (Å²) < 4.78 is 18.1. The standard InChI is InChI=1S/C9H7BrClFO2/c1-14-9(13)8(12)5-2-3-7(11)6(10)4-5/h2-4,8H,1H3. The average molecular weight is 282 g/mol. The fraction of sp³-hybridized carbons (Fsp3) is 0.222. The van der Waals surface area contributed by atoms with Gasteiger partial charge in [-0.15, -0.1) is 0 Å². The molecule has 0 spiro atoms. The van der Waals surface area contributed by atoms with E-state index < -0.39 is 12.1 Å². The van der Waals surface area contributed by atoms with Crippen molar-refractivity contribution in [2.45, 2.75) is 6.17 Å². The van der Waals surface area contributed by atoms with E-state index in [1.165, 1.54) is 18.2 Å². The molecule has 1 aromatic rings. The number of alkyl halides is 1. The molecule has 0 aliphatic heterocycles. The predicted molar refractivity (Wildman–Crippen MR) is 55.0 cm³/mol. The van der Waals surface area contributed by atoms with Crippen LogP contribution in [-0.2, 0) is 9.53 Å². The second-order valence-corrected chi connectivity index (χ2v) is 3.82. The second kappa shape index (κ2) is 4.75. The van der Waals surface area contributed by atoms with Gasteiger partial charge in [-0.05, 0) is 33.6 Å². The summed E-state index contributed by atoms with van der Waals surface area (Å²) in [6, 6.07) is 4.40. The van der Waals surface area contributed by atoms with Crippen LogP contribution in [0.15, 0.2) is 22.7 Å². The molecule has 1 aromatic carbocycles. The third-order valence-electron chi connectivity index (χ3n) is 1.64. The molecule has 0 aliphatic carbocycles. The Morgan fingerprint density at radius 2 is 2.29 bits per heavy atom. The molecule has 1 atom stereocenters. The molecular weight excluding hydrogens is 274 g/mol. The number of hydrogen-bond acceptors (Lipinski definition) is 2. The minimum absolute atomic E-state index is 0.216. The van der Waals surface area contributed by atoms with Gasteiger partial charge >= 0.3 is 5.97 Å². The fourth-order valence-corrected chi connectivity index (χ4v) is 1.42. The molecular formula is C9H7BrClFO2. The van der Waals surface area contributed by atoms with Crippen LogP contribution in [0.25, 0.3) is 0 Å². The maximum Gasteiger partial charge on any atom is 0.345 e. The van der Waals surface area contributed by atoms with Gasteiger partial charge in [0.1, 0.15) is 0 Å². The summed E-state index contributed by atoms with van der Waals surface area (Å²) in [6.45, 7) is 0. The lowest BCUT2D eigenvalue weighted by atomic mass is 10.1. The molecule has 2 nitrogen and oxygen atoms in total.